The number of nitrogens with one attached hydrogen (secondary N) is 1. The lowest BCUT2D eigenvalue weighted by Gasteiger charge is -2.29. The number of ether oxygens (including phenoxy) is 2. The Balaban J connectivity index is 2.67. The van der Waals surface area contributed by atoms with Gasteiger partial charge in [-0.25, -0.2) is 0 Å². The largest absolute Gasteiger partial charge is 0.491 e. The van der Waals surface area contributed by atoms with E-state index < -0.39 is 0 Å². The first kappa shape index (κ1) is 18.0. The summed E-state index contributed by atoms with van der Waals surface area (Å²) in [6, 6.07) is 9.04. The van der Waals surface area contributed by atoms with Gasteiger partial charge in [0.15, 0.2) is 0 Å². The Morgan fingerprint density at radius 2 is 1.76 bits per heavy atom. The first-order valence-corrected chi connectivity index (χ1v) is 7.61. The van der Waals surface area contributed by atoms with Crippen molar-refractivity contribution in [3.05, 3.63) is 29.8 Å². The Bertz CT molecular complexity index is 392. The minimum Gasteiger partial charge on any atom is -0.491 e. The molecule has 0 radical (unpaired) electrons. The summed E-state index contributed by atoms with van der Waals surface area (Å²) in [5.74, 6) is 0.921. The van der Waals surface area contributed by atoms with Crippen molar-refractivity contribution < 1.29 is 9.47 Å². The lowest BCUT2D eigenvalue weighted by molar-refractivity contribution is 0.110. The molecule has 4 heteroatoms. The summed E-state index contributed by atoms with van der Waals surface area (Å²) in [5.41, 5.74) is 1.27. The first-order chi connectivity index (χ1) is 9.97. The Morgan fingerprint density at radius 3 is 2.24 bits per heavy atom. The van der Waals surface area contributed by atoms with Crippen LogP contribution in [-0.4, -0.2) is 51.4 Å². The maximum absolute atomic E-state index is 5.69. The number of benzene rings is 1. The van der Waals surface area contributed by atoms with Gasteiger partial charge in [-0.1, -0.05) is 12.1 Å². The van der Waals surface area contributed by atoms with Crippen molar-refractivity contribution >= 4 is 0 Å². The molecule has 2 unspecified atom stereocenters. The molecular weight excluding hydrogens is 264 g/mol. The molecule has 1 aromatic carbocycles. The Labute approximate surface area is 129 Å². The van der Waals surface area contributed by atoms with E-state index in [4.69, 9.17) is 9.47 Å². The van der Waals surface area contributed by atoms with E-state index in [1.165, 1.54) is 5.56 Å². The van der Waals surface area contributed by atoms with E-state index in [1.54, 1.807) is 7.11 Å². The predicted octanol–water partition coefficient (Wildman–Crippen LogP) is 2.70. The van der Waals surface area contributed by atoms with Gasteiger partial charge in [-0.3, -0.25) is 4.90 Å². The van der Waals surface area contributed by atoms with Crippen molar-refractivity contribution in [1.82, 2.24) is 10.2 Å². The van der Waals surface area contributed by atoms with Gasteiger partial charge in [-0.15, -0.1) is 0 Å². The number of hydrogen-bond acceptors (Lipinski definition) is 4. The fourth-order valence-corrected chi connectivity index (χ4v) is 2.25. The van der Waals surface area contributed by atoms with Gasteiger partial charge in [-0.05, 0) is 52.6 Å². The fourth-order valence-electron chi connectivity index (χ4n) is 2.25. The number of hydrogen-bond donors (Lipinski definition) is 1. The van der Waals surface area contributed by atoms with Crippen molar-refractivity contribution in [3.8, 4) is 5.75 Å². The smallest absolute Gasteiger partial charge is 0.119 e. The summed E-state index contributed by atoms with van der Waals surface area (Å²) < 4.78 is 10.9. The molecule has 0 saturated carbocycles. The van der Waals surface area contributed by atoms with Crippen molar-refractivity contribution in [1.29, 1.82) is 0 Å². The highest BCUT2D eigenvalue weighted by Crippen LogP contribution is 2.19. The van der Waals surface area contributed by atoms with Crippen molar-refractivity contribution in [2.45, 2.75) is 39.0 Å². The van der Waals surface area contributed by atoms with Gasteiger partial charge in [0.25, 0.3) is 0 Å². The van der Waals surface area contributed by atoms with E-state index in [-0.39, 0.29) is 6.10 Å². The molecule has 0 aliphatic carbocycles. The third kappa shape index (κ3) is 6.04. The minimum atomic E-state index is 0.206. The van der Waals surface area contributed by atoms with Crippen LogP contribution in [0.3, 0.4) is 0 Å². The quantitative estimate of drug-likeness (QED) is 0.759. The molecule has 21 heavy (non-hydrogen) atoms. The maximum atomic E-state index is 5.69. The molecule has 2 atom stereocenters. The van der Waals surface area contributed by atoms with Crippen LogP contribution in [0.2, 0.25) is 0 Å². The van der Waals surface area contributed by atoms with Crippen LogP contribution < -0.4 is 10.1 Å². The SMILES string of the molecule is CNC(CN(C)C(C)COC)c1ccc(OC(C)C)cc1. The highest BCUT2D eigenvalue weighted by Gasteiger charge is 2.16. The predicted molar refractivity (Wildman–Crippen MR) is 88.0 cm³/mol. The molecule has 1 aromatic rings. The zero-order valence-electron chi connectivity index (χ0n) is 14.2. The summed E-state index contributed by atoms with van der Waals surface area (Å²) in [7, 11) is 5.87. The molecular formula is C17H30N2O2. The molecule has 120 valence electrons. The van der Waals surface area contributed by atoms with E-state index in [1.807, 2.05) is 33.0 Å². The Morgan fingerprint density at radius 1 is 1.14 bits per heavy atom. The number of likely N-dealkylation sites (N-methyl/N-ethyl adjacent to an activating group) is 2. The Kier molecular flexibility index (Phi) is 7.72. The van der Waals surface area contributed by atoms with Gasteiger partial charge in [-0.2, -0.15) is 0 Å². The van der Waals surface area contributed by atoms with Gasteiger partial charge < -0.3 is 14.8 Å². The highest BCUT2D eigenvalue weighted by atomic mass is 16.5. The molecule has 0 heterocycles. The second kappa shape index (κ2) is 9.03. The van der Waals surface area contributed by atoms with Gasteiger partial charge in [0.05, 0.1) is 12.7 Å². The van der Waals surface area contributed by atoms with Gasteiger partial charge in [0, 0.05) is 25.7 Å². The van der Waals surface area contributed by atoms with E-state index in [2.05, 4.69) is 36.3 Å². The molecule has 0 aliphatic rings. The maximum Gasteiger partial charge on any atom is 0.119 e. The normalized spacial score (nSPS) is 14.5. The van der Waals surface area contributed by atoms with Gasteiger partial charge in [0.2, 0.25) is 0 Å². The average molecular weight is 294 g/mol. The molecule has 1 rings (SSSR count). The molecule has 0 fully saturated rings. The second-order valence-electron chi connectivity index (χ2n) is 5.82. The molecule has 1 N–H and O–H groups in total. The zero-order chi connectivity index (χ0) is 15.8. The number of rotatable bonds is 9. The third-order valence-electron chi connectivity index (χ3n) is 3.63. The van der Waals surface area contributed by atoms with E-state index in [0.717, 1.165) is 18.9 Å². The van der Waals surface area contributed by atoms with Crippen LogP contribution in [0.1, 0.15) is 32.4 Å². The lowest BCUT2D eigenvalue weighted by Crippen LogP contribution is -2.38. The van der Waals surface area contributed by atoms with E-state index in [9.17, 15) is 0 Å². The molecule has 0 aliphatic heterocycles. The Hall–Kier alpha value is -1.10. The van der Waals surface area contributed by atoms with Crippen molar-refractivity contribution in [3.63, 3.8) is 0 Å². The lowest BCUT2D eigenvalue weighted by atomic mass is 10.1. The number of nitrogens with zero attached hydrogens (tertiary/aromatic N) is 1. The zero-order valence-corrected chi connectivity index (χ0v) is 14.2. The van der Waals surface area contributed by atoms with Gasteiger partial charge in [0.1, 0.15) is 5.75 Å². The molecule has 0 saturated heterocycles. The van der Waals surface area contributed by atoms with Crippen LogP contribution >= 0.6 is 0 Å². The van der Waals surface area contributed by atoms with Crippen molar-refractivity contribution in [2.24, 2.45) is 0 Å². The molecule has 0 bridgehead atoms. The standard InChI is InChI=1S/C17H30N2O2/c1-13(2)21-16-9-7-15(8-10-16)17(18-4)11-19(5)14(3)12-20-6/h7-10,13-14,17-18H,11-12H2,1-6H3. The van der Waals surface area contributed by atoms with Crippen LogP contribution in [0, 0.1) is 0 Å². The van der Waals surface area contributed by atoms with Crippen molar-refractivity contribution in [2.75, 3.05) is 34.4 Å². The third-order valence-corrected chi connectivity index (χ3v) is 3.63. The monoisotopic (exact) mass is 294 g/mol. The summed E-state index contributed by atoms with van der Waals surface area (Å²) >= 11 is 0. The topological polar surface area (TPSA) is 33.7 Å². The first-order valence-electron chi connectivity index (χ1n) is 7.61. The highest BCUT2D eigenvalue weighted by molar-refractivity contribution is 5.29. The fraction of sp³-hybridized carbons (Fsp3) is 0.647. The number of methoxy groups -OCH3 is 1. The van der Waals surface area contributed by atoms with Crippen LogP contribution in [-0.2, 0) is 4.74 Å². The molecule has 4 nitrogen and oxygen atoms in total. The van der Waals surface area contributed by atoms with Crippen LogP contribution in [0.4, 0.5) is 0 Å². The van der Waals surface area contributed by atoms with E-state index >= 15 is 0 Å². The van der Waals surface area contributed by atoms with E-state index in [0.29, 0.717) is 12.1 Å². The molecule has 0 amide bonds. The molecule has 0 spiro atoms. The summed E-state index contributed by atoms with van der Waals surface area (Å²) in [6.07, 6.45) is 0.206. The summed E-state index contributed by atoms with van der Waals surface area (Å²) in [6.45, 7) is 7.93. The van der Waals surface area contributed by atoms with Crippen LogP contribution in [0.5, 0.6) is 5.75 Å². The summed E-state index contributed by atoms with van der Waals surface area (Å²) in [4.78, 5) is 2.31. The van der Waals surface area contributed by atoms with Crippen LogP contribution in [0.15, 0.2) is 24.3 Å². The minimum absolute atomic E-state index is 0.206. The van der Waals surface area contributed by atoms with Crippen LogP contribution in [0.25, 0.3) is 0 Å². The second-order valence-corrected chi connectivity index (χ2v) is 5.82. The average Bonchev–Trinajstić information content (AvgIpc) is 2.45. The molecule has 0 aromatic heterocycles. The summed E-state index contributed by atoms with van der Waals surface area (Å²) in [5, 5.41) is 3.38. The van der Waals surface area contributed by atoms with Gasteiger partial charge >= 0.3 is 0 Å².